The Bertz CT molecular complexity index is 700. The van der Waals surface area contributed by atoms with Crippen molar-refractivity contribution in [2.45, 2.75) is 40.4 Å². The first-order chi connectivity index (χ1) is 10.5. The summed E-state index contributed by atoms with van der Waals surface area (Å²) in [4.78, 5) is 28.1. The van der Waals surface area contributed by atoms with Gasteiger partial charge in [0.1, 0.15) is 12.4 Å². The summed E-state index contributed by atoms with van der Waals surface area (Å²) in [5.41, 5.74) is 0.488. The van der Waals surface area contributed by atoms with Crippen molar-refractivity contribution in [3.05, 3.63) is 52.5 Å². The summed E-state index contributed by atoms with van der Waals surface area (Å²) in [6.45, 7) is 7.24. The van der Waals surface area contributed by atoms with Gasteiger partial charge in [-0.1, -0.05) is 19.9 Å². The van der Waals surface area contributed by atoms with E-state index in [-0.39, 0.29) is 18.0 Å². The highest BCUT2D eigenvalue weighted by Gasteiger charge is 2.08. The Morgan fingerprint density at radius 2 is 2.09 bits per heavy atom. The summed E-state index contributed by atoms with van der Waals surface area (Å²) >= 11 is 0. The highest BCUT2D eigenvalue weighted by Crippen LogP contribution is 2.03. The molecule has 2 rings (SSSR count). The summed E-state index contributed by atoms with van der Waals surface area (Å²) in [6.07, 6.45) is 5.26. The molecule has 1 amide bonds. The van der Waals surface area contributed by atoms with Crippen LogP contribution in [0.2, 0.25) is 0 Å². The number of nitrogens with zero attached hydrogens (tertiary/aromatic N) is 3. The zero-order valence-corrected chi connectivity index (χ0v) is 13.2. The molecule has 118 valence electrons. The second-order valence-corrected chi connectivity index (χ2v) is 5.79. The van der Waals surface area contributed by atoms with Crippen molar-refractivity contribution in [2.75, 3.05) is 0 Å². The summed E-state index contributed by atoms with van der Waals surface area (Å²) in [7, 11) is 0. The second-order valence-electron chi connectivity index (χ2n) is 5.79. The van der Waals surface area contributed by atoms with Gasteiger partial charge in [0.2, 0.25) is 5.91 Å². The monoisotopic (exact) mass is 302 g/mol. The predicted octanol–water partition coefficient (Wildman–Crippen LogP) is 1.33. The molecule has 22 heavy (non-hydrogen) atoms. The smallest absolute Gasteiger partial charge is 0.253 e. The maximum Gasteiger partial charge on any atom is 0.253 e. The van der Waals surface area contributed by atoms with Crippen LogP contribution in [-0.2, 0) is 24.4 Å². The largest absolute Gasteiger partial charge is 0.347 e. The molecule has 6 nitrogen and oxygen atoms in total. The SMILES string of the molecule is Cc1cccn(CC(=O)NCc2nccn2CC(C)C)c1=O. The normalized spacial score (nSPS) is 10.9. The Morgan fingerprint density at radius 1 is 1.32 bits per heavy atom. The highest BCUT2D eigenvalue weighted by atomic mass is 16.2. The van der Waals surface area contributed by atoms with Crippen LogP contribution in [0.25, 0.3) is 0 Å². The van der Waals surface area contributed by atoms with Gasteiger partial charge in [0.25, 0.3) is 5.56 Å². The minimum atomic E-state index is -0.202. The number of imidazole rings is 1. The molecule has 2 aromatic heterocycles. The molecule has 2 heterocycles. The molecule has 2 aromatic rings. The van der Waals surface area contributed by atoms with E-state index in [1.54, 1.807) is 31.5 Å². The minimum absolute atomic E-state index is 0.0192. The second kappa shape index (κ2) is 7.06. The van der Waals surface area contributed by atoms with Crippen LogP contribution in [0.15, 0.2) is 35.5 Å². The van der Waals surface area contributed by atoms with E-state index in [1.807, 2.05) is 10.8 Å². The van der Waals surface area contributed by atoms with Crippen LogP contribution in [0.5, 0.6) is 0 Å². The standard InChI is InChI=1S/C16H22N4O2/c1-12(2)10-19-8-6-17-14(19)9-18-15(21)11-20-7-4-5-13(3)16(20)22/h4-8,12H,9-11H2,1-3H3,(H,18,21). The molecule has 0 aliphatic carbocycles. The van der Waals surface area contributed by atoms with E-state index in [2.05, 4.69) is 24.1 Å². The van der Waals surface area contributed by atoms with E-state index in [4.69, 9.17) is 0 Å². The number of pyridine rings is 1. The lowest BCUT2D eigenvalue weighted by atomic mass is 10.2. The van der Waals surface area contributed by atoms with E-state index in [9.17, 15) is 9.59 Å². The summed E-state index contributed by atoms with van der Waals surface area (Å²) < 4.78 is 3.44. The van der Waals surface area contributed by atoms with Gasteiger partial charge in [0, 0.05) is 30.7 Å². The summed E-state index contributed by atoms with van der Waals surface area (Å²) in [5, 5.41) is 2.81. The lowest BCUT2D eigenvalue weighted by Gasteiger charge is -2.11. The molecule has 0 aliphatic heterocycles. The van der Waals surface area contributed by atoms with Crippen molar-refractivity contribution in [2.24, 2.45) is 5.92 Å². The number of carbonyl (C=O) groups excluding carboxylic acids is 1. The molecule has 0 atom stereocenters. The fraction of sp³-hybridized carbons (Fsp3) is 0.438. The Morgan fingerprint density at radius 3 is 2.82 bits per heavy atom. The molecule has 0 saturated heterocycles. The average Bonchev–Trinajstić information content (AvgIpc) is 2.88. The Hall–Kier alpha value is -2.37. The fourth-order valence-electron chi connectivity index (χ4n) is 2.24. The minimum Gasteiger partial charge on any atom is -0.347 e. The maximum absolute atomic E-state index is 12.0. The predicted molar refractivity (Wildman–Crippen MR) is 84.4 cm³/mol. The molecule has 0 aliphatic rings. The molecule has 0 bridgehead atoms. The molecule has 0 radical (unpaired) electrons. The fourth-order valence-corrected chi connectivity index (χ4v) is 2.24. The highest BCUT2D eigenvalue weighted by molar-refractivity contribution is 5.75. The number of aromatic nitrogens is 3. The van der Waals surface area contributed by atoms with Crippen molar-refractivity contribution in [1.82, 2.24) is 19.4 Å². The van der Waals surface area contributed by atoms with Crippen molar-refractivity contribution in [3.8, 4) is 0 Å². The lowest BCUT2D eigenvalue weighted by Crippen LogP contribution is -2.33. The molecular weight excluding hydrogens is 280 g/mol. The van der Waals surface area contributed by atoms with Crippen LogP contribution in [0, 0.1) is 12.8 Å². The van der Waals surface area contributed by atoms with E-state index in [1.165, 1.54) is 4.57 Å². The van der Waals surface area contributed by atoms with E-state index < -0.39 is 0 Å². The zero-order chi connectivity index (χ0) is 16.1. The third-order valence-corrected chi connectivity index (χ3v) is 3.33. The summed E-state index contributed by atoms with van der Waals surface area (Å²) in [5.74, 6) is 1.12. The van der Waals surface area contributed by atoms with Crippen molar-refractivity contribution in [1.29, 1.82) is 0 Å². The molecule has 6 heteroatoms. The van der Waals surface area contributed by atoms with Crippen molar-refractivity contribution in [3.63, 3.8) is 0 Å². The van der Waals surface area contributed by atoms with Gasteiger partial charge in [-0.15, -0.1) is 0 Å². The van der Waals surface area contributed by atoms with E-state index in [0.717, 1.165) is 12.4 Å². The first kappa shape index (κ1) is 16.0. The molecule has 0 unspecified atom stereocenters. The van der Waals surface area contributed by atoms with Crippen LogP contribution >= 0.6 is 0 Å². The number of hydrogen-bond donors (Lipinski definition) is 1. The third kappa shape index (κ3) is 4.07. The van der Waals surface area contributed by atoms with Gasteiger partial charge in [-0.25, -0.2) is 4.98 Å². The molecule has 1 N–H and O–H groups in total. The first-order valence-electron chi connectivity index (χ1n) is 7.40. The van der Waals surface area contributed by atoms with Crippen LogP contribution < -0.4 is 10.9 Å². The first-order valence-corrected chi connectivity index (χ1v) is 7.40. The van der Waals surface area contributed by atoms with Crippen LogP contribution in [0.1, 0.15) is 25.2 Å². The number of amides is 1. The Labute approximate surface area is 129 Å². The average molecular weight is 302 g/mol. The number of aryl methyl sites for hydroxylation is 1. The number of rotatable bonds is 6. The van der Waals surface area contributed by atoms with Crippen LogP contribution in [0.3, 0.4) is 0 Å². The lowest BCUT2D eigenvalue weighted by molar-refractivity contribution is -0.121. The van der Waals surface area contributed by atoms with E-state index in [0.29, 0.717) is 18.0 Å². The summed E-state index contributed by atoms with van der Waals surface area (Å²) in [6, 6.07) is 3.50. The van der Waals surface area contributed by atoms with Gasteiger partial charge >= 0.3 is 0 Å². The number of hydrogen-bond acceptors (Lipinski definition) is 3. The van der Waals surface area contributed by atoms with Gasteiger partial charge < -0.3 is 14.5 Å². The third-order valence-electron chi connectivity index (χ3n) is 3.33. The van der Waals surface area contributed by atoms with Crippen LogP contribution in [0.4, 0.5) is 0 Å². The Balaban J connectivity index is 1.95. The zero-order valence-electron chi connectivity index (χ0n) is 13.2. The molecule has 0 aromatic carbocycles. The van der Waals surface area contributed by atoms with Gasteiger partial charge in [-0.2, -0.15) is 0 Å². The quantitative estimate of drug-likeness (QED) is 0.875. The number of nitrogens with one attached hydrogen (secondary N) is 1. The van der Waals surface area contributed by atoms with Gasteiger partial charge in [-0.3, -0.25) is 9.59 Å². The molecule has 0 spiro atoms. The molecule has 0 fully saturated rings. The van der Waals surface area contributed by atoms with E-state index >= 15 is 0 Å². The number of carbonyl (C=O) groups is 1. The molecular formula is C16H22N4O2. The topological polar surface area (TPSA) is 68.9 Å². The Kier molecular flexibility index (Phi) is 5.14. The van der Waals surface area contributed by atoms with Crippen molar-refractivity contribution >= 4 is 5.91 Å². The van der Waals surface area contributed by atoms with Crippen LogP contribution in [-0.4, -0.2) is 20.0 Å². The van der Waals surface area contributed by atoms with Gasteiger partial charge in [0.15, 0.2) is 0 Å². The molecule has 0 saturated carbocycles. The van der Waals surface area contributed by atoms with Gasteiger partial charge in [-0.05, 0) is 18.9 Å². The van der Waals surface area contributed by atoms with Crippen molar-refractivity contribution < 1.29 is 4.79 Å². The maximum atomic E-state index is 12.0. The van der Waals surface area contributed by atoms with Gasteiger partial charge in [0.05, 0.1) is 6.54 Å².